The Balaban J connectivity index is 1.97. The minimum atomic E-state index is -1.36. The predicted octanol–water partition coefficient (Wildman–Crippen LogP) is -2.98. The second kappa shape index (κ2) is 5.50. The number of anilines is 2. The highest BCUT2D eigenvalue weighted by molar-refractivity contribution is 6.15. The summed E-state index contributed by atoms with van der Waals surface area (Å²) in [6.07, 6.45) is -4.45. The van der Waals surface area contributed by atoms with E-state index in [0.717, 1.165) is 0 Å². The number of carbonyl (C=O) groups excluding carboxylic acids is 1. The molecule has 0 radical (unpaired) electrons. The molecule has 0 aliphatic carbocycles. The highest BCUT2D eigenvalue weighted by Crippen LogP contribution is 2.40. The van der Waals surface area contributed by atoms with Crippen molar-refractivity contribution >= 4 is 28.6 Å². The molecule has 2 aliphatic heterocycles. The molecule has 2 aromatic heterocycles. The number of aromatic nitrogens is 3. The number of hydrogen-bond donors (Lipinski definition) is 7. The SMILES string of the molecule is Nc1ncnc2c1c1c(n2[C@@H]2O[C@H](CO)[C@@H](O)[C@H]2O)NC(N)NC1=O. The van der Waals surface area contributed by atoms with Gasteiger partial charge in [-0.15, -0.1) is 0 Å². The molecule has 4 rings (SSSR count). The first-order chi connectivity index (χ1) is 11.9. The van der Waals surface area contributed by atoms with Crippen LogP contribution in [0.15, 0.2) is 6.33 Å². The largest absolute Gasteiger partial charge is 0.394 e. The highest BCUT2D eigenvalue weighted by Gasteiger charge is 2.46. The molecule has 134 valence electrons. The molecule has 0 aromatic carbocycles. The van der Waals surface area contributed by atoms with Gasteiger partial charge in [0.25, 0.3) is 5.91 Å². The molecule has 0 spiro atoms. The van der Waals surface area contributed by atoms with Crippen molar-refractivity contribution in [3.63, 3.8) is 0 Å². The van der Waals surface area contributed by atoms with E-state index in [1.54, 1.807) is 0 Å². The molecule has 9 N–H and O–H groups in total. The zero-order valence-electron chi connectivity index (χ0n) is 12.8. The summed E-state index contributed by atoms with van der Waals surface area (Å²) in [6, 6.07) is 0. The van der Waals surface area contributed by atoms with Crippen LogP contribution in [-0.4, -0.2) is 67.0 Å². The Morgan fingerprint density at radius 2 is 2.04 bits per heavy atom. The summed E-state index contributed by atoms with van der Waals surface area (Å²) >= 11 is 0. The van der Waals surface area contributed by atoms with E-state index >= 15 is 0 Å². The van der Waals surface area contributed by atoms with Crippen LogP contribution in [0.3, 0.4) is 0 Å². The van der Waals surface area contributed by atoms with Crippen molar-refractivity contribution < 1.29 is 24.9 Å². The third-order valence-electron chi connectivity index (χ3n) is 4.39. The Hall–Kier alpha value is -2.51. The molecular weight excluding hydrogens is 334 g/mol. The maximum Gasteiger partial charge on any atom is 0.258 e. The van der Waals surface area contributed by atoms with E-state index in [1.165, 1.54) is 10.9 Å². The lowest BCUT2D eigenvalue weighted by Gasteiger charge is -2.27. The third-order valence-corrected chi connectivity index (χ3v) is 4.39. The van der Waals surface area contributed by atoms with Crippen LogP contribution in [0, 0.1) is 0 Å². The van der Waals surface area contributed by atoms with Gasteiger partial charge in [0, 0.05) is 0 Å². The summed E-state index contributed by atoms with van der Waals surface area (Å²) in [5.74, 6) is -0.189. The first kappa shape index (κ1) is 16.0. The van der Waals surface area contributed by atoms with Crippen molar-refractivity contribution in [1.29, 1.82) is 0 Å². The predicted molar refractivity (Wildman–Crippen MR) is 84.0 cm³/mol. The summed E-state index contributed by atoms with van der Waals surface area (Å²) in [5, 5.41) is 35.3. The zero-order valence-corrected chi connectivity index (χ0v) is 12.8. The normalized spacial score (nSPS) is 31.7. The van der Waals surface area contributed by atoms with E-state index < -0.39 is 43.3 Å². The molecule has 1 saturated heterocycles. The van der Waals surface area contributed by atoms with Gasteiger partial charge < -0.3 is 36.4 Å². The fraction of sp³-hybridized carbons (Fsp3) is 0.462. The van der Waals surface area contributed by atoms with Crippen molar-refractivity contribution in [2.75, 3.05) is 17.7 Å². The molecule has 25 heavy (non-hydrogen) atoms. The summed E-state index contributed by atoms with van der Waals surface area (Å²) in [5.41, 5.74) is 12.1. The van der Waals surface area contributed by atoms with Gasteiger partial charge in [-0.1, -0.05) is 0 Å². The fourth-order valence-corrected chi connectivity index (χ4v) is 3.26. The van der Waals surface area contributed by atoms with E-state index in [1.807, 2.05) is 0 Å². The molecule has 12 heteroatoms. The Bertz CT molecular complexity index is 855. The minimum absolute atomic E-state index is 0.0687. The maximum absolute atomic E-state index is 12.4. The van der Waals surface area contributed by atoms with Gasteiger partial charge in [-0.3, -0.25) is 15.1 Å². The van der Waals surface area contributed by atoms with Crippen LogP contribution in [0.25, 0.3) is 11.0 Å². The van der Waals surface area contributed by atoms with Gasteiger partial charge in [0.2, 0.25) is 0 Å². The molecule has 1 fully saturated rings. The summed E-state index contributed by atoms with van der Waals surface area (Å²) in [7, 11) is 0. The van der Waals surface area contributed by atoms with Crippen molar-refractivity contribution in [1.82, 2.24) is 19.9 Å². The maximum atomic E-state index is 12.4. The van der Waals surface area contributed by atoms with Crippen molar-refractivity contribution in [3.8, 4) is 0 Å². The standard InChI is InChI=1S/C13H17N7O5/c14-8-4-5-10(18-13(15)19-11(5)24)20(9(4)17-2-16-8)12-7(23)6(22)3(1-21)25-12/h2-3,6-7,12-13,18,21-23H,1,15H2,(H,19,24)(H2,14,16,17)/t3-,6-,7-,12-,13?/m1/s1. The Morgan fingerprint density at radius 3 is 2.72 bits per heavy atom. The van der Waals surface area contributed by atoms with Gasteiger partial charge in [0.1, 0.15) is 41.9 Å². The summed E-state index contributed by atoms with van der Waals surface area (Å²) in [4.78, 5) is 20.4. The average Bonchev–Trinajstić information content (AvgIpc) is 3.04. The number of aliphatic hydroxyl groups is 3. The summed E-state index contributed by atoms with van der Waals surface area (Å²) < 4.78 is 6.96. The van der Waals surface area contributed by atoms with E-state index in [2.05, 4.69) is 20.6 Å². The van der Waals surface area contributed by atoms with E-state index in [4.69, 9.17) is 16.2 Å². The van der Waals surface area contributed by atoms with Crippen LogP contribution in [-0.2, 0) is 4.74 Å². The number of aliphatic hydroxyl groups excluding tert-OH is 3. The topological polar surface area (TPSA) is 194 Å². The Morgan fingerprint density at radius 1 is 1.28 bits per heavy atom. The van der Waals surface area contributed by atoms with Gasteiger partial charge in [0.05, 0.1) is 17.6 Å². The van der Waals surface area contributed by atoms with Gasteiger partial charge >= 0.3 is 0 Å². The van der Waals surface area contributed by atoms with Crippen molar-refractivity contribution in [2.45, 2.75) is 30.8 Å². The monoisotopic (exact) mass is 351 g/mol. The second-order valence-electron chi connectivity index (χ2n) is 5.88. The number of rotatable bonds is 2. The van der Waals surface area contributed by atoms with Crippen LogP contribution in [0.4, 0.5) is 11.6 Å². The number of nitrogens with two attached hydrogens (primary N) is 2. The zero-order chi connectivity index (χ0) is 17.9. The molecule has 1 amide bonds. The first-order valence-electron chi connectivity index (χ1n) is 7.53. The van der Waals surface area contributed by atoms with Crippen LogP contribution >= 0.6 is 0 Å². The fourth-order valence-electron chi connectivity index (χ4n) is 3.26. The van der Waals surface area contributed by atoms with E-state index in [9.17, 15) is 20.1 Å². The summed E-state index contributed by atoms with van der Waals surface area (Å²) in [6.45, 7) is -0.485. The van der Waals surface area contributed by atoms with E-state index in [0.29, 0.717) is 0 Å². The van der Waals surface area contributed by atoms with Crippen molar-refractivity contribution in [3.05, 3.63) is 11.9 Å². The van der Waals surface area contributed by atoms with Gasteiger partial charge in [0.15, 0.2) is 12.5 Å². The number of fused-ring (bicyclic) bond motifs is 3. The van der Waals surface area contributed by atoms with Crippen LogP contribution in [0.2, 0.25) is 0 Å². The third kappa shape index (κ3) is 2.16. The molecule has 2 aromatic rings. The van der Waals surface area contributed by atoms with Crippen molar-refractivity contribution in [2.24, 2.45) is 5.73 Å². The molecule has 12 nitrogen and oxygen atoms in total. The number of nitrogens with one attached hydrogen (secondary N) is 2. The number of nitrogens with zero attached hydrogens (tertiary/aromatic N) is 3. The average molecular weight is 351 g/mol. The molecular formula is C13H17N7O5. The lowest BCUT2D eigenvalue weighted by atomic mass is 10.1. The Labute approximate surface area is 140 Å². The molecule has 1 unspecified atom stereocenters. The van der Waals surface area contributed by atoms with Crippen LogP contribution in [0.5, 0.6) is 0 Å². The smallest absolute Gasteiger partial charge is 0.258 e. The van der Waals surface area contributed by atoms with Gasteiger partial charge in [-0.05, 0) is 0 Å². The first-order valence-corrected chi connectivity index (χ1v) is 7.53. The van der Waals surface area contributed by atoms with Crippen LogP contribution in [0.1, 0.15) is 16.6 Å². The lowest BCUT2D eigenvalue weighted by molar-refractivity contribution is -0.0500. The van der Waals surface area contributed by atoms with Gasteiger partial charge in [-0.25, -0.2) is 9.97 Å². The molecule has 5 atom stereocenters. The molecule has 0 saturated carbocycles. The quantitative estimate of drug-likeness (QED) is 0.293. The number of amides is 1. The Kier molecular flexibility index (Phi) is 3.52. The minimum Gasteiger partial charge on any atom is -0.394 e. The highest BCUT2D eigenvalue weighted by atomic mass is 16.6. The molecule has 2 aliphatic rings. The van der Waals surface area contributed by atoms with Gasteiger partial charge in [-0.2, -0.15) is 0 Å². The molecule has 4 heterocycles. The second-order valence-corrected chi connectivity index (χ2v) is 5.88. The number of nitrogen functional groups attached to an aromatic ring is 1. The molecule has 0 bridgehead atoms. The number of carbonyl (C=O) groups is 1. The number of ether oxygens (including phenoxy) is 1. The number of hydrogen-bond acceptors (Lipinski definition) is 10. The van der Waals surface area contributed by atoms with E-state index in [-0.39, 0.29) is 28.2 Å². The van der Waals surface area contributed by atoms with Crippen LogP contribution < -0.4 is 22.1 Å². The lowest BCUT2D eigenvalue weighted by Crippen LogP contribution is -2.51.